The van der Waals surface area contributed by atoms with E-state index in [2.05, 4.69) is 22.6 Å². The summed E-state index contributed by atoms with van der Waals surface area (Å²) in [6, 6.07) is 0. The first-order valence-corrected chi connectivity index (χ1v) is 5.75. The molecular weight excluding hydrogens is 281 g/mol. The maximum Gasteiger partial charge on any atom is 0.410 e. The Morgan fingerprint density at radius 2 is 2.15 bits per heavy atom. The fourth-order valence-corrected chi connectivity index (χ4v) is 1.96. The van der Waals surface area contributed by atoms with Gasteiger partial charge in [-0.1, -0.05) is 22.6 Å². The minimum Gasteiger partial charge on any atom is -0.444 e. The molecule has 0 aromatic carbocycles. The maximum absolute atomic E-state index is 11.5. The number of amides is 1. The van der Waals surface area contributed by atoms with Gasteiger partial charge in [0, 0.05) is 17.0 Å². The largest absolute Gasteiger partial charge is 0.444 e. The van der Waals surface area contributed by atoms with Gasteiger partial charge in [0.25, 0.3) is 0 Å². The molecule has 1 aliphatic rings. The summed E-state index contributed by atoms with van der Waals surface area (Å²) in [5.74, 6) is 0. The maximum atomic E-state index is 11.5. The van der Waals surface area contributed by atoms with Crippen molar-refractivity contribution in [3.8, 4) is 0 Å². The Morgan fingerprint density at radius 1 is 1.54 bits per heavy atom. The highest BCUT2D eigenvalue weighted by molar-refractivity contribution is 14.1. The molecule has 1 heterocycles. The van der Waals surface area contributed by atoms with Gasteiger partial charge in [-0.3, -0.25) is 0 Å². The molecule has 13 heavy (non-hydrogen) atoms. The highest BCUT2D eigenvalue weighted by Crippen LogP contribution is 2.19. The van der Waals surface area contributed by atoms with E-state index >= 15 is 0 Å². The molecule has 0 aromatic heterocycles. The molecule has 4 heteroatoms. The third-order valence-corrected chi connectivity index (χ3v) is 2.80. The van der Waals surface area contributed by atoms with Gasteiger partial charge in [0.1, 0.15) is 5.60 Å². The summed E-state index contributed by atoms with van der Waals surface area (Å²) < 4.78 is 5.84. The zero-order valence-corrected chi connectivity index (χ0v) is 10.5. The first kappa shape index (κ1) is 11.1. The van der Waals surface area contributed by atoms with E-state index in [1.807, 2.05) is 20.8 Å². The topological polar surface area (TPSA) is 29.5 Å². The lowest BCUT2D eigenvalue weighted by molar-refractivity contribution is 0.0296. The van der Waals surface area contributed by atoms with Crippen LogP contribution in [0.2, 0.25) is 0 Å². The quantitative estimate of drug-likeness (QED) is 0.508. The molecule has 0 saturated carbocycles. The first-order chi connectivity index (χ1) is 5.88. The molecule has 0 unspecified atom stereocenters. The fourth-order valence-electron chi connectivity index (χ4n) is 1.21. The standard InChI is InChI=1S/C9H16INO2/c1-9(2,3)13-8(12)11-5-4-7(10)6-11/h7H,4-6H2,1-3H3/t7-/m0/s1. The lowest BCUT2D eigenvalue weighted by Crippen LogP contribution is -2.35. The van der Waals surface area contributed by atoms with Gasteiger partial charge in [0.05, 0.1) is 0 Å². The number of alkyl halides is 1. The average molecular weight is 297 g/mol. The predicted molar refractivity (Wildman–Crippen MR) is 60.2 cm³/mol. The number of hydrogen-bond donors (Lipinski definition) is 0. The normalized spacial score (nSPS) is 23.4. The molecule has 3 nitrogen and oxygen atoms in total. The Hall–Kier alpha value is 0. The Labute approximate surface area is 92.9 Å². The summed E-state index contributed by atoms with van der Waals surface area (Å²) in [5.41, 5.74) is -0.375. The van der Waals surface area contributed by atoms with Crippen LogP contribution < -0.4 is 0 Å². The molecule has 76 valence electrons. The summed E-state index contributed by atoms with van der Waals surface area (Å²) in [4.78, 5) is 13.3. The summed E-state index contributed by atoms with van der Waals surface area (Å²) in [7, 11) is 0. The number of hydrogen-bond acceptors (Lipinski definition) is 2. The van der Waals surface area contributed by atoms with Crippen molar-refractivity contribution in [1.82, 2.24) is 4.90 Å². The van der Waals surface area contributed by atoms with Gasteiger partial charge in [-0.2, -0.15) is 0 Å². The van der Waals surface area contributed by atoms with Crippen molar-refractivity contribution in [3.05, 3.63) is 0 Å². The minimum atomic E-state index is -0.375. The van der Waals surface area contributed by atoms with E-state index in [0.29, 0.717) is 3.92 Å². The molecule has 1 atom stereocenters. The molecule has 1 fully saturated rings. The van der Waals surface area contributed by atoms with Crippen molar-refractivity contribution in [1.29, 1.82) is 0 Å². The Kier molecular flexibility index (Phi) is 3.43. The van der Waals surface area contributed by atoms with Crippen LogP contribution in [0.3, 0.4) is 0 Å². The van der Waals surface area contributed by atoms with Crippen LogP contribution in [0.4, 0.5) is 4.79 Å². The predicted octanol–water partition coefficient (Wildman–Crippen LogP) is 2.43. The Bertz CT molecular complexity index is 200. The number of carbonyl (C=O) groups excluding carboxylic acids is 1. The van der Waals surface area contributed by atoms with Crippen LogP contribution in [0.25, 0.3) is 0 Å². The van der Waals surface area contributed by atoms with Crippen LogP contribution in [-0.4, -0.2) is 33.6 Å². The zero-order valence-electron chi connectivity index (χ0n) is 8.34. The number of rotatable bonds is 0. The van der Waals surface area contributed by atoms with Crippen molar-refractivity contribution in [3.63, 3.8) is 0 Å². The molecule has 0 aromatic rings. The summed E-state index contributed by atoms with van der Waals surface area (Å²) >= 11 is 2.37. The Balaban J connectivity index is 2.41. The molecule has 1 rings (SSSR count). The smallest absolute Gasteiger partial charge is 0.410 e. The van der Waals surface area contributed by atoms with E-state index in [4.69, 9.17) is 4.74 Å². The molecule has 0 bridgehead atoms. The van der Waals surface area contributed by atoms with Crippen molar-refractivity contribution < 1.29 is 9.53 Å². The lowest BCUT2D eigenvalue weighted by atomic mass is 10.2. The molecule has 1 amide bonds. The number of likely N-dealkylation sites (tertiary alicyclic amines) is 1. The molecule has 0 aliphatic carbocycles. The van der Waals surface area contributed by atoms with Crippen LogP contribution in [0.1, 0.15) is 27.2 Å². The van der Waals surface area contributed by atoms with Gasteiger partial charge in [-0.05, 0) is 27.2 Å². The van der Waals surface area contributed by atoms with Gasteiger partial charge in [-0.15, -0.1) is 0 Å². The van der Waals surface area contributed by atoms with Gasteiger partial charge in [0.2, 0.25) is 0 Å². The summed E-state index contributed by atoms with van der Waals surface area (Å²) in [5, 5.41) is 0. The van der Waals surface area contributed by atoms with E-state index in [0.717, 1.165) is 19.5 Å². The SMILES string of the molecule is CC(C)(C)OC(=O)N1CC[C@H](I)C1. The molecule has 0 N–H and O–H groups in total. The fraction of sp³-hybridized carbons (Fsp3) is 0.889. The highest BCUT2D eigenvalue weighted by atomic mass is 127. The van der Waals surface area contributed by atoms with Crippen molar-refractivity contribution in [2.24, 2.45) is 0 Å². The second kappa shape index (κ2) is 4.02. The van der Waals surface area contributed by atoms with Crippen LogP contribution in [0.5, 0.6) is 0 Å². The van der Waals surface area contributed by atoms with E-state index in [9.17, 15) is 4.79 Å². The molecule has 0 radical (unpaired) electrons. The third kappa shape index (κ3) is 3.70. The minimum absolute atomic E-state index is 0.174. The van der Waals surface area contributed by atoms with Gasteiger partial charge >= 0.3 is 6.09 Å². The summed E-state index contributed by atoms with van der Waals surface area (Å²) in [6.45, 7) is 7.34. The third-order valence-electron chi connectivity index (χ3n) is 1.78. The van der Waals surface area contributed by atoms with E-state index in [-0.39, 0.29) is 11.7 Å². The molecular formula is C9H16INO2. The van der Waals surface area contributed by atoms with E-state index in [1.54, 1.807) is 4.90 Å². The van der Waals surface area contributed by atoms with Gasteiger partial charge in [0.15, 0.2) is 0 Å². The van der Waals surface area contributed by atoms with E-state index in [1.165, 1.54) is 0 Å². The van der Waals surface area contributed by atoms with Gasteiger partial charge in [-0.25, -0.2) is 4.79 Å². The van der Waals surface area contributed by atoms with Gasteiger partial charge < -0.3 is 9.64 Å². The van der Waals surface area contributed by atoms with Crippen LogP contribution in [0, 0.1) is 0 Å². The van der Waals surface area contributed by atoms with Crippen LogP contribution in [0.15, 0.2) is 0 Å². The lowest BCUT2D eigenvalue weighted by Gasteiger charge is -2.24. The number of ether oxygens (including phenoxy) is 1. The zero-order chi connectivity index (χ0) is 10.1. The monoisotopic (exact) mass is 297 g/mol. The number of carbonyl (C=O) groups is 1. The molecule has 1 aliphatic heterocycles. The molecule has 0 spiro atoms. The van der Waals surface area contributed by atoms with Crippen LogP contribution >= 0.6 is 22.6 Å². The first-order valence-electron chi connectivity index (χ1n) is 4.50. The molecule has 1 saturated heterocycles. The Morgan fingerprint density at radius 3 is 2.54 bits per heavy atom. The second-order valence-corrected chi connectivity index (χ2v) is 6.07. The van der Waals surface area contributed by atoms with Crippen molar-refractivity contribution in [2.45, 2.75) is 36.7 Å². The number of nitrogens with zero attached hydrogens (tertiary/aromatic N) is 1. The van der Waals surface area contributed by atoms with E-state index < -0.39 is 0 Å². The highest BCUT2D eigenvalue weighted by Gasteiger charge is 2.28. The number of halogens is 1. The second-order valence-electron chi connectivity index (χ2n) is 4.31. The average Bonchev–Trinajstić information content (AvgIpc) is 2.31. The van der Waals surface area contributed by atoms with Crippen LogP contribution in [-0.2, 0) is 4.74 Å². The summed E-state index contributed by atoms with van der Waals surface area (Å²) in [6.07, 6.45) is 0.909. The van der Waals surface area contributed by atoms with Crippen molar-refractivity contribution >= 4 is 28.7 Å². The van der Waals surface area contributed by atoms with Crippen molar-refractivity contribution in [2.75, 3.05) is 13.1 Å².